The summed E-state index contributed by atoms with van der Waals surface area (Å²) < 4.78 is 0. The first-order chi connectivity index (χ1) is 7.10. The molecule has 0 aromatic carbocycles. The summed E-state index contributed by atoms with van der Waals surface area (Å²) in [6, 6.07) is 2.20. The number of hydrogen-bond acceptors (Lipinski definition) is 4. The zero-order valence-corrected chi connectivity index (χ0v) is 9.20. The first kappa shape index (κ1) is 11.2. The van der Waals surface area contributed by atoms with Crippen LogP contribution in [0, 0.1) is 25.2 Å². The van der Waals surface area contributed by atoms with E-state index in [2.05, 4.69) is 28.2 Å². The number of nitriles is 1. The van der Waals surface area contributed by atoms with Gasteiger partial charge in [-0.1, -0.05) is 6.08 Å². The summed E-state index contributed by atoms with van der Waals surface area (Å²) in [7, 11) is 0. The summed E-state index contributed by atoms with van der Waals surface area (Å²) in [6.45, 7) is 9.30. The molecule has 78 valence electrons. The van der Waals surface area contributed by atoms with Gasteiger partial charge in [-0.3, -0.25) is 0 Å². The number of nitrogens with one attached hydrogen (secondary N) is 1. The lowest BCUT2D eigenvalue weighted by atomic mass is 10.1. The van der Waals surface area contributed by atoms with Crippen LogP contribution < -0.4 is 5.32 Å². The molecule has 0 aliphatic heterocycles. The highest BCUT2D eigenvalue weighted by Crippen LogP contribution is 2.17. The highest BCUT2D eigenvalue weighted by molar-refractivity contribution is 5.56. The molecule has 1 heterocycles. The monoisotopic (exact) mass is 202 g/mol. The van der Waals surface area contributed by atoms with Crippen molar-refractivity contribution in [3.63, 3.8) is 0 Å². The van der Waals surface area contributed by atoms with Gasteiger partial charge in [0.25, 0.3) is 0 Å². The second-order valence-corrected chi connectivity index (χ2v) is 3.41. The first-order valence-electron chi connectivity index (χ1n) is 4.73. The summed E-state index contributed by atoms with van der Waals surface area (Å²) >= 11 is 0. The maximum Gasteiger partial charge on any atom is 0.167 e. The number of hydrogen-bond donors (Lipinski definition) is 1. The van der Waals surface area contributed by atoms with Crippen molar-refractivity contribution >= 4 is 5.82 Å². The lowest BCUT2D eigenvalue weighted by Crippen LogP contribution is -2.15. The van der Waals surface area contributed by atoms with Gasteiger partial charge in [0.15, 0.2) is 5.82 Å². The summed E-state index contributed by atoms with van der Waals surface area (Å²) in [5, 5.41) is 20.0. The molecule has 0 radical (unpaired) electrons. The molecule has 1 unspecified atom stereocenters. The lowest BCUT2D eigenvalue weighted by molar-refractivity contribution is 0.912. The molecule has 0 bridgehead atoms. The van der Waals surface area contributed by atoms with Gasteiger partial charge < -0.3 is 5.32 Å². The Labute approximate surface area is 89.6 Å². The fourth-order valence-corrected chi connectivity index (χ4v) is 1.12. The highest BCUT2D eigenvalue weighted by Gasteiger charge is 2.11. The number of aromatic nitrogens is 2. The van der Waals surface area contributed by atoms with E-state index in [1.165, 1.54) is 0 Å². The van der Waals surface area contributed by atoms with Crippen molar-refractivity contribution in [3.05, 3.63) is 29.5 Å². The molecular weight excluding hydrogens is 188 g/mol. The van der Waals surface area contributed by atoms with E-state index >= 15 is 0 Å². The Kier molecular flexibility index (Phi) is 3.40. The first-order valence-corrected chi connectivity index (χ1v) is 4.73. The SMILES string of the molecule is C=CC(C)Nc1nnc(C)c(C)c1C#N. The fourth-order valence-electron chi connectivity index (χ4n) is 1.12. The van der Waals surface area contributed by atoms with Crippen molar-refractivity contribution in [2.75, 3.05) is 5.32 Å². The summed E-state index contributed by atoms with van der Waals surface area (Å²) in [6.07, 6.45) is 1.75. The molecule has 1 atom stereocenters. The zero-order chi connectivity index (χ0) is 11.4. The molecule has 1 aromatic heterocycles. The maximum atomic E-state index is 9.03. The molecule has 1 rings (SSSR count). The third-order valence-corrected chi connectivity index (χ3v) is 2.28. The van der Waals surface area contributed by atoms with Gasteiger partial charge in [0.2, 0.25) is 0 Å². The summed E-state index contributed by atoms with van der Waals surface area (Å²) in [4.78, 5) is 0. The molecule has 0 amide bonds. The number of anilines is 1. The van der Waals surface area contributed by atoms with Gasteiger partial charge in [-0.25, -0.2) is 0 Å². The minimum absolute atomic E-state index is 0.0634. The van der Waals surface area contributed by atoms with Gasteiger partial charge in [-0.2, -0.15) is 10.4 Å². The molecule has 4 nitrogen and oxygen atoms in total. The van der Waals surface area contributed by atoms with Crippen LogP contribution in [0.25, 0.3) is 0 Å². The van der Waals surface area contributed by atoms with Crippen molar-refractivity contribution in [1.82, 2.24) is 10.2 Å². The van der Waals surface area contributed by atoms with E-state index in [0.29, 0.717) is 11.4 Å². The second-order valence-electron chi connectivity index (χ2n) is 3.41. The van der Waals surface area contributed by atoms with Gasteiger partial charge in [0.1, 0.15) is 11.6 Å². The topological polar surface area (TPSA) is 61.6 Å². The van der Waals surface area contributed by atoms with E-state index in [4.69, 9.17) is 5.26 Å². The molecule has 0 fully saturated rings. The van der Waals surface area contributed by atoms with Crippen molar-refractivity contribution < 1.29 is 0 Å². The lowest BCUT2D eigenvalue weighted by Gasteiger charge is -2.12. The van der Waals surface area contributed by atoms with Gasteiger partial charge in [0, 0.05) is 6.04 Å². The van der Waals surface area contributed by atoms with Crippen LogP contribution in [0.15, 0.2) is 12.7 Å². The molecule has 1 aromatic rings. The van der Waals surface area contributed by atoms with E-state index < -0.39 is 0 Å². The van der Waals surface area contributed by atoms with Crippen molar-refractivity contribution in [2.24, 2.45) is 0 Å². The molecule has 0 aliphatic rings. The summed E-state index contributed by atoms with van der Waals surface area (Å²) in [5.41, 5.74) is 2.20. The molecule has 0 saturated heterocycles. The van der Waals surface area contributed by atoms with Gasteiger partial charge in [-0.15, -0.1) is 11.7 Å². The third-order valence-electron chi connectivity index (χ3n) is 2.28. The minimum Gasteiger partial charge on any atom is -0.362 e. The predicted molar refractivity (Wildman–Crippen MR) is 59.5 cm³/mol. The quantitative estimate of drug-likeness (QED) is 0.761. The van der Waals surface area contributed by atoms with Crippen LogP contribution in [-0.4, -0.2) is 16.2 Å². The standard InChI is InChI=1S/C11H14N4/c1-5-7(2)13-11-10(6-12)8(3)9(4)14-15-11/h5,7H,1H2,2-4H3,(H,13,15). The van der Waals surface area contributed by atoms with Crippen LogP contribution in [-0.2, 0) is 0 Å². The van der Waals surface area contributed by atoms with Gasteiger partial charge >= 0.3 is 0 Å². The number of rotatable bonds is 3. The number of aryl methyl sites for hydroxylation is 1. The van der Waals surface area contributed by atoms with E-state index in [1.54, 1.807) is 6.08 Å². The van der Waals surface area contributed by atoms with E-state index in [1.807, 2.05) is 20.8 Å². The second kappa shape index (κ2) is 4.56. The normalized spacial score (nSPS) is 11.6. The fraction of sp³-hybridized carbons (Fsp3) is 0.364. The number of nitrogens with zero attached hydrogens (tertiary/aromatic N) is 3. The Bertz CT molecular complexity index is 417. The Morgan fingerprint density at radius 1 is 1.47 bits per heavy atom. The molecule has 1 N–H and O–H groups in total. The maximum absolute atomic E-state index is 9.03. The van der Waals surface area contributed by atoms with Crippen LogP contribution in [0.2, 0.25) is 0 Å². The predicted octanol–water partition coefficient (Wildman–Crippen LogP) is 1.95. The molecular formula is C11H14N4. The Morgan fingerprint density at radius 3 is 2.67 bits per heavy atom. The molecule has 15 heavy (non-hydrogen) atoms. The highest BCUT2D eigenvalue weighted by atomic mass is 15.2. The minimum atomic E-state index is 0.0634. The Hall–Kier alpha value is -1.89. The van der Waals surface area contributed by atoms with Crippen molar-refractivity contribution in [1.29, 1.82) is 5.26 Å². The average Bonchev–Trinajstić information content (AvgIpc) is 2.24. The Morgan fingerprint density at radius 2 is 2.13 bits per heavy atom. The smallest absolute Gasteiger partial charge is 0.167 e. The van der Waals surface area contributed by atoms with E-state index in [-0.39, 0.29) is 6.04 Å². The van der Waals surface area contributed by atoms with Crippen LogP contribution in [0.4, 0.5) is 5.82 Å². The molecule has 0 saturated carbocycles. The zero-order valence-electron chi connectivity index (χ0n) is 9.20. The van der Waals surface area contributed by atoms with Crippen molar-refractivity contribution in [2.45, 2.75) is 26.8 Å². The third kappa shape index (κ3) is 2.32. The molecule has 0 aliphatic carbocycles. The van der Waals surface area contributed by atoms with E-state index in [9.17, 15) is 0 Å². The van der Waals surface area contributed by atoms with Gasteiger partial charge in [-0.05, 0) is 26.3 Å². The largest absolute Gasteiger partial charge is 0.362 e. The van der Waals surface area contributed by atoms with Crippen LogP contribution in [0.1, 0.15) is 23.7 Å². The van der Waals surface area contributed by atoms with Crippen LogP contribution in [0.3, 0.4) is 0 Å². The molecule has 4 heteroatoms. The average molecular weight is 202 g/mol. The van der Waals surface area contributed by atoms with E-state index in [0.717, 1.165) is 11.3 Å². The van der Waals surface area contributed by atoms with Crippen LogP contribution >= 0.6 is 0 Å². The molecule has 0 spiro atoms. The van der Waals surface area contributed by atoms with Crippen LogP contribution in [0.5, 0.6) is 0 Å². The van der Waals surface area contributed by atoms with Gasteiger partial charge in [0.05, 0.1) is 5.69 Å². The van der Waals surface area contributed by atoms with Crippen molar-refractivity contribution in [3.8, 4) is 6.07 Å². The Balaban J connectivity index is 3.15. The summed E-state index contributed by atoms with van der Waals surface area (Å²) in [5.74, 6) is 0.521.